The Bertz CT molecular complexity index is 667. The molecule has 0 spiro atoms. The minimum Gasteiger partial charge on any atom is -0.423 e. The van der Waals surface area contributed by atoms with E-state index in [1.807, 2.05) is 63.2 Å². The molecule has 0 atom stereocenters. The highest BCUT2D eigenvalue weighted by atomic mass is 16.5. The third kappa shape index (κ3) is 3.64. The van der Waals surface area contributed by atoms with Gasteiger partial charge in [0.15, 0.2) is 5.78 Å². The molecule has 22 heavy (non-hydrogen) atoms. The zero-order chi connectivity index (χ0) is 16.1. The van der Waals surface area contributed by atoms with E-state index in [2.05, 4.69) is 0 Å². The second kappa shape index (κ2) is 7.39. The van der Waals surface area contributed by atoms with Crippen LogP contribution in [0.25, 0.3) is 0 Å². The first kappa shape index (κ1) is 16.5. The summed E-state index contributed by atoms with van der Waals surface area (Å²) < 4.78 is 5.15. The van der Waals surface area contributed by atoms with Crippen LogP contribution in [-0.2, 0) is 17.7 Å². The van der Waals surface area contributed by atoms with E-state index in [4.69, 9.17) is 4.65 Å². The molecular weight excluding hydrogens is 275 g/mol. The molecular formula is C18H21BO3. The van der Waals surface area contributed by atoms with Crippen molar-refractivity contribution in [2.75, 3.05) is 0 Å². The molecule has 0 bridgehead atoms. The van der Waals surface area contributed by atoms with Gasteiger partial charge in [-0.25, -0.2) is 0 Å². The molecule has 1 heterocycles. The first-order chi connectivity index (χ1) is 10.6. The van der Waals surface area contributed by atoms with Crippen molar-refractivity contribution in [3.05, 3.63) is 64.7 Å². The number of Topliss-reactive ketones (excluding diaryl/α,β-unsaturated/α-hetero) is 1. The van der Waals surface area contributed by atoms with Crippen molar-refractivity contribution < 1.29 is 14.5 Å². The van der Waals surface area contributed by atoms with Gasteiger partial charge in [-0.05, 0) is 29.6 Å². The average molecular weight is 296 g/mol. The second-order valence-electron chi connectivity index (χ2n) is 5.17. The Kier molecular flexibility index (Phi) is 5.53. The minimum atomic E-state index is -0.862. The molecule has 3 nitrogen and oxygen atoms in total. The zero-order valence-corrected chi connectivity index (χ0v) is 13.3. The predicted molar refractivity (Wildman–Crippen MR) is 89.4 cm³/mol. The van der Waals surface area contributed by atoms with Crippen molar-refractivity contribution in [3.63, 3.8) is 0 Å². The normalized spacial score (nSPS) is 12.5. The monoisotopic (exact) mass is 296 g/mol. The van der Waals surface area contributed by atoms with Crippen LogP contribution in [0, 0.1) is 6.92 Å². The quantitative estimate of drug-likeness (QED) is 0.699. The van der Waals surface area contributed by atoms with E-state index >= 15 is 0 Å². The largest absolute Gasteiger partial charge is 0.491 e. The lowest BCUT2D eigenvalue weighted by Crippen LogP contribution is -2.28. The first-order valence-electron chi connectivity index (χ1n) is 7.65. The van der Waals surface area contributed by atoms with Crippen molar-refractivity contribution >= 4 is 18.4 Å². The predicted octanol–water partition coefficient (Wildman–Crippen LogP) is 2.66. The molecule has 0 fully saturated rings. The van der Waals surface area contributed by atoms with Crippen LogP contribution in [0.3, 0.4) is 0 Å². The van der Waals surface area contributed by atoms with E-state index in [0.29, 0.717) is 13.0 Å². The standard InChI is InChI=1S/C16H15BO3.C2H6/c1-11-3-2-4-13(7-11)16(18)9-12-5-6-14-10-20-17(19)15(14)8-12;1-2/h2-8,19H,9-10H2,1H3;1-2H3. The minimum absolute atomic E-state index is 0.0852. The highest BCUT2D eigenvalue weighted by Gasteiger charge is 2.27. The van der Waals surface area contributed by atoms with E-state index < -0.39 is 7.12 Å². The van der Waals surface area contributed by atoms with E-state index in [1.54, 1.807) is 0 Å². The summed E-state index contributed by atoms with van der Waals surface area (Å²) in [4.78, 5) is 12.3. The van der Waals surface area contributed by atoms with Gasteiger partial charge in [0.2, 0.25) is 0 Å². The molecule has 0 amide bonds. The number of fused-ring (bicyclic) bond motifs is 1. The van der Waals surface area contributed by atoms with Crippen LogP contribution < -0.4 is 5.46 Å². The smallest absolute Gasteiger partial charge is 0.423 e. The number of carbonyl (C=O) groups excluding carboxylic acids is 1. The van der Waals surface area contributed by atoms with Gasteiger partial charge in [0.05, 0.1) is 6.61 Å². The van der Waals surface area contributed by atoms with E-state index in [0.717, 1.165) is 27.7 Å². The molecule has 2 aromatic carbocycles. The Balaban J connectivity index is 0.000000847. The molecule has 0 radical (unpaired) electrons. The number of rotatable bonds is 3. The Morgan fingerprint density at radius 3 is 2.73 bits per heavy atom. The zero-order valence-electron chi connectivity index (χ0n) is 13.3. The number of carbonyl (C=O) groups is 1. The second-order valence-corrected chi connectivity index (χ2v) is 5.17. The van der Waals surface area contributed by atoms with Gasteiger partial charge in [-0.1, -0.05) is 55.8 Å². The molecule has 0 unspecified atom stereocenters. The number of ketones is 1. The SMILES string of the molecule is CC.Cc1cccc(C(=O)Cc2ccc3c(c2)B(O)OC3)c1. The summed E-state index contributed by atoms with van der Waals surface area (Å²) in [5.74, 6) is 0.0852. The Labute approximate surface area is 132 Å². The highest BCUT2D eigenvalue weighted by Crippen LogP contribution is 2.14. The van der Waals surface area contributed by atoms with Crippen molar-refractivity contribution in [2.45, 2.75) is 33.8 Å². The average Bonchev–Trinajstić information content (AvgIpc) is 2.90. The number of hydrogen-bond donors (Lipinski definition) is 1. The number of hydrogen-bond acceptors (Lipinski definition) is 3. The third-order valence-corrected chi connectivity index (χ3v) is 3.58. The van der Waals surface area contributed by atoms with Crippen molar-refractivity contribution in [3.8, 4) is 0 Å². The van der Waals surface area contributed by atoms with Gasteiger partial charge in [0.25, 0.3) is 0 Å². The fourth-order valence-corrected chi connectivity index (χ4v) is 2.48. The maximum Gasteiger partial charge on any atom is 0.491 e. The number of benzene rings is 2. The van der Waals surface area contributed by atoms with Crippen LogP contribution in [-0.4, -0.2) is 17.9 Å². The first-order valence-corrected chi connectivity index (χ1v) is 7.65. The van der Waals surface area contributed by atoms with E-state index in [1.165, 1.54) is 0 Å². The molecule has 2 aromatic rings. The molecule has 0 aromatic heterocycles. The van der Waals surface area contributed by atoms with Gasteiger partial charge < -0.3 is 9.68 Å². The molecule has 1 N–H and O–H groups in total. The van der Waals surface area contributed by atoms with Crippen LogP contribution in [0.5, 0.6) is 0 Å². The van der Waals surface area contributed by atoms with Crippen molar-refractivity contribution in [1.29, 1.82) is 0 Å². The van der Waals surface area contributed by atoms with Crippen LogP contribution in [0.2, 0.25) is 0 Å². The lowest BCUT2D eigenvalue weighted by Gasteiger charge is -2.05. The molecule has 1 aliphatic heterocycles. The van der Waals surface area contributed by atoms with Gasteiger partial charge in [-0.2, -0.15) is 0 Å². The lowest BCUT2D eigenvalue weighted by atomic mass is 9.78. The fraction of sp³-hybridized carbons (Fsp3) is 0.278. The van der Waals surface area contributed by atoms with E-state index in [-0.39, 0.29) is 5.78 Å². The Morgan fingerprint density at radius 2 is 2.00 bits per heavy atom. The summed E-state index contributed by atoms with van der Waals surface area (Å²) in [5, 5.41) is 9.69. The Morgan fingerprint density at radius 1 is 1.23 bits per heavy atom. The molecule has 4 heteroatoms. The van der Waals surface area contributed by atoms with E-state index in [9.17, 15) is 9.82 Å². The molecule has 0 aliphatic carbocycles. The van der Waals surface area contributed by atoms with Gasteiger partial charge in [0.1, 0.15) is 0 Å². The highest BCUT2D eigenvalue weighted by molar-refractivity contribution is 6.61. The summed E-state index contributed by atoms with van der Waals surface area (Å²) in [6.07, 6.45) is 0.337. The maximum atomic E-state index is 12.3. The third-order valence-electron chi connectivity index (χ3n) is 3.58. The summed E-state index contributed by atoms with van der Waals surface area (Å²) in [6, 6.07) is 13.3. The summed E-state index contributed by atoms with van der Waals surface area (Å²) in [7, 11) is -0.862. The Hall–Kier alpha value is -1.91. The van der Waals surface area contributed by atoms with Gasteiger partial charge in [0, 0.05) is 12.0 Å². The van der Waals surface area contributed by atoms with Gasteiger partial charge in [-0.15, -0.1) is 0 Å². The summed E-state index contributed by atoms with van der Waals surface area (Å²) >= 11 is 0. The maximum absolute atomic E-state index is 12.3. The fourth-order valence-electron chi connectivity index (χ4n) is 2.48. The van der Waals surface area contributed by atoms with Gasteiger partial charge in [-0.3, -0.25) is 4.79 Å². The van der Waals surface area contributed by atoms with Crippen LogP contribution in [0.1, 0.15) is 40.9 Å². The molecule has 3 rings (SSSR count). The summed E-state index contributed by atoms with van der Waals surface area (Å²) in [6.45, 7) is 6.41. The molecule has 0 saturated heterocycles. The molecule has 0 saturated carbocycles. The summed E-state index contributed by atoms with van der Waals surface area (Å²) in [5.41, 5.74) is 4.47. The lowest BCUT2D eigenvalue weighted by molar-refractivity contribution is 0.0993. The van der Waals surface area contributed by atoms with Crippen molar-refractivity contribution in [2.24, 2.45) is 0 Å². The van der Waals surface area contributed by atoms with Crippen LogP contribution >= 0.6 is 0 Å². The van der Waals surface area contributed by atoms with Crippen LogP contribution in [0.15, 0.2) is 42.5 Å². The molecule has 1 aliphatic rings. The van der Waals surface area contributed by atoms with Crippen LogP contribution in [0.4, 0.5) is 0 Å². The topological polar surface area (TPSA) is 46.5 Å². The van der Waals surface area contributed by atoms with Gasteiger partial charge >= 0.3 is 7.12 Å². The molecule has 114 valence electrons. The van der Waals surface area contributed by atoms with Crippen molar-refractivity contribution in [1.82, 2.24) is 0 Å². The number of aryl methyl sites for hydroxylation is 1.